The van der Waals surface area contributed by atoms with E-state index in [0.29, 0.717) is 0 Å². The van der Waals surface area contributed by atoms with Gasteiger partial charge in [0.2, 0.25) is 0 Å². The fourth-order valence-electron chi connectivity index (χ4n) is 2.43. The zero-order chi connectivity index (χ0) is 15.0. The first-order chi connectivity index (χ1) is 9.42. The quantitative estimate of drug-likeness (QED) is 0.659. The topological polar surface area (TPSA) is 103 Å². The predicted molar refractivity (Wildman–Crippen MR) is 68.4 cm³/mol. The van der Waals surface area contributed by atoms with Gasteiger partial charge in [-0.1, -0.05) is 0 Å². The zero-order valence-corrected chi connectivity index (χ0v) is 11.5. The fourth-order valence-corrected chi connectivity index (χ4v) is 2.43. The first-order valence-corrected chi connectivity index (χ1v) is 6.16. The molecular formula is C12H18N2O6. The Bertz CT molecular complexity index is 607. The molecule has 20 heavy (non-hydrogen) atoms. The van der Waals surface area contributed by atoms with Gasteiger partial charge in [-0.2, -0.15) is 0 Å². The SMILES string of the molecule is CO[C@@H]1[C@H](O)[C@@H](CO)O[C@H]1c1cn(C)c(=O)n(C)c1=O. The van der Waals surface area contributed by atoms with Crippen molar-refractivity contribution in [2.75, 3.05) is 13.7 Å². The molecule has 0 amide bonds. The molecule has 0 bridgehead atoms. The number of aryl methyl sites for hydroxylation is 1. The largest absolute Gasteiger partial charge is 0.394 e. The molecular weight excluding hydrogens is 268 g/mol. The highest BCUT2D eigenvalue weighted by Crippen LogP contribution is 2.33. The van der Waals surface area contributed by atoms with E-state index in [-0.39, 0.29) is 12.2 Å². The summed E-state index contributed by atoms with van der Waals surface area (Å²) >= 11 is 0. The number of aromatic nitrogens is 2. The number of hydrogen-bond acceptors (Lipinski definition) is 6. The van der Waals surface area contributed by atoms with E-state index in [2.05, 4.69) is 0 Å². The normalized spacial score (nSPS) is 29.9. The molecule has 0 saturated carbocycles. The molecule has 1 aliphatic heterocycles. The second kappa shape index (κ2) is 5.49. The van der Waals surface area contributed by atoms with Crippen molar-refractivity contribution in [2.45, 2.75) is 24.4 Å². The maximum atomic E-state index is 12.2. The van der Waals surface area contributed by atoms with E-state index in [4.69, 9.17) is 14.6 Å². The van der Waals surface area contributed by atoms with Gasteiger partial charge in [0, 0.05) is 27.4 Å². The van der Waals surface area contributed by atoms with Crippen LogP contribution >= 0.6 is 0 Å². The van der Waals surface area contributed by atoms with Gasteiger partial charge in [-0.15, -0.1) is 0 Å². The third-order valence-electron chi connectivity index (χ3n) is 3.57. The molecule has 8 nitrogen and oxygen atoms in total. The lowest BCUT2D eigenvalue weighted by atomic mass is 10.0. The standard InChI is InChI=1S/C12H18N2O6/c1-13-4-6(11(17)14(2)12(13)18)9-10(19-3)8(16)7(5-15)20-9/h4,7-10,15-16H,5H2,1-3H3/t7-,8-,9+,10-/m1/s1. The van der Waals surface area contributed by atoms with Crippen LogP contribution in [0.25, 0.3) is 0 Å². The van der Waals surface area contributed by atoms with E-state index in [1.807, 2.05) is 0 Å². The molecule has 8 heteroatoms. The van der Waals surface area contributed by atoms with Crippen molar-refractivity contribution in [1.29, 1.82) is 0 Å². The highest BCUT2D eigenvalue weighted by molar-refractivity contribution is 5.15. The molecule has 1 aliphatic rings. The van der Waals surface area contributed by atoms with Crippen molar-refractivity contribution < 1.29 is 19.7 Å². The lowest BCUT2D eigenvalue weighted by Gasteiger charge is -2.19. The molecule has 2 heterocycles. The summed E-state index contributed by atoms with van der Waals surface area (Å²) in [5, 5.41) is 19.1. The average molecular weight is 286 g/mol. The van der Waals surface area contributed by atoms with Crippen LogP contribution in [0.3, 0.4) is 0 Å². The lowest BCUT2D eigenvalue weighted by molar-refractivity contribution is -0.0242. The lowest BCUT2D eigenvalue weighted by Crippen LogP contribution is -2.41. The Morgan fingerprint density at radius 3 is 2.60 bits per heavy atom. The van der Waals surface area contributed by atoms with E-state index in [1.165, 1.54) is 32.0 Å². The van der Waals surface area contributed by atoms with Gasteiger partial charge in [-0.25, -0.2) is 4.79 Å². The van der Waals surface area contributed by atoms with Crippen LogP contribution in [0.4, 0.5) is 0 Å². The Balaban J connectivity index is 2.51. The first kappa shape index (κ1) is 14.9. The average Bonchev–Trinajstić information content (AvgIpc) is 2.76. The fraction of sp³-hybridized carbons (Fsp3) is 0.667. The van der Waals surface area contributed by atoms with E-state index in [9.17, 15) is 14.7 Å². The van der Waals surface area contributed by atoms with Gasteiger partial charge in [0.25, 0.3) is 5.56 Å². The Morgan fingerprint density at radius 1 is 1.40 bits per heavy atom. The maximum absolute atomic E-state index is 12.2. The molecule has 1 aromatic heterocycles. The second-order valence-electron chi connectivity index (χ2n) is 4.81. The van der Waals surface area contributed by atoms with Crippen molar-refractivity contribution in [2.24, 2.45) is 14.1 Å². The molecule has 0 aliphatic carbocycles. The van der Waals surface area contributed by atoms with Gasteiger partial charge in [-0.05, 0) is 0 Å². The molecule has 0 aromatic carbocycles. The van der Waals surface area contributed by atoms with Crippen LogP contribution in [0.5, 0.6) is 0 Å². The van der Waals surface area contributed by atoms with Crippen LogP contribution in [0.2, 0.25) is 0 Å². The van der Waals surface area contributed by atoms with Gasteiger partial charge >= 0.3 is 5.69 Å². The van der Waals surface area contributed by atoms with Crippen LogP contribution < -0.4 is 11.2 Å². The minimum absolute atomic E-state index is 0.205. The van der Waals surface area contributed by atoms with Gasteiger partial charge in [-0.3, -0.25) is 9.36 Å². The second-order valence-corrected chi connectivity index (χ2v) is 4.81. The van der Waals surface area contributed by atoms with Gasteiger partial charge in [0.05, 0.1) is 12.2 Å². The minimum Gasteiger partial charge on any atom is -0.394 e. The molecule has 1 aromatic rings. The summed E-state index contributed by atoms with van der Waals surface area (Å²) in [4.78, 5) is 23.8. The summed E-state index contributed by atoms with van der Waals surface area (Å²) in [6, 6.07) is 0. The monoisotopic (exact) mass is 286 g/mol. The van der Waals surface area contributed by atoms with E-state index < -0.39 is 35.7 Å². The molecule has 0 unspecified atom stereocenters. The Kier molecular flexibility index (Phi) is 4.09. The number of methoxy groups -OCH3 is 1. The molecule has 4 atom stereocenters. The summed E-state index contributed by atoms with van der Waals surface area (Å²) in [7, 11) is 4.27. The summed E-state index contributed by atoms with van der Waals surface area (Å²) in [6.07, 6.45) is -2.12. The highest BCUT2D eigenvalue weighted by atomic mass is 16.6. The maximum Gasteiger partial charge on any atom is 0.330 e. The number of aliphatic hydroxyl groups is 2. The Labute approximate surface area is 114 Å². The van der Waals surface area contributed by atoms with Crippen LogP contribution in [0.1, 0.15) is 11.7 Å². The predicted octanol–water partition coefficient (Wildman–Crippen LogP) is -2.11. The summed E-state index contributed by atoms with van der Waals surface area (Å²) in [5.74, 6) is 0. The van der Waals surface area contributed by atoms with Crippen molar-refractivity contribution in [3.63, 3.8) is 0 Å². The van der Waals surface area contributed by atoms with Gasteiger partial charge < -0.3 is 24.3 Å². The highest BCUT2D eigenvalue weighted by Gasteiger charge is 2.45. The molecule has 112 valence electrons. The molecule has 1 fully saturated rings. The first-order valence-electron chi connectivity index (χ1n) is 6.16. The number of nitrogens with zero attached hydrogens (tertiary/aromatic N) is 2. The van der Waals surface area contributed by atoms with E-state index in [1.54, 1.807) is 0 Å². The molecule has 1 saturated heterocycles. The van der Waals surface area contributed by atoms with Crippen molar-refractivity contribution >= 4 is 0 Å². The number of ether oxygens (including phenoxy) is 2. The van der Waals surface area contributed by atoms with Crippen LogP contribution in [-0.4, -0.2) is 51.4 Å². The zero-order valence-electron chi connectivity index (χ0n) is 11.5. The Hall–Kier alpha value is -1.48. The number of aliphatic hydroxyl groups excluding tert-OH is 2. The third kappa shape index (κ3) is 2.20. The van der Waals surface area contributed by atoms with Crippen molar-refractivity contribution in [3.05, 3.63) is 32.6 Å². The third-order valence-corrected chi connectivity index (χ3v) is 3.57. The van der Waals surface area contributed by atoms with Gasteiger partial charge in [0.15, 0.2) is 0 Å². The Morgan fingerprint density at radius 2 is 2.05 bits per heavy atom. The smallest absolute Gasteiger partial charge is 0.330 e. The van der Waals surface area contributed by atoms with Crippen LogP contribution in [-0.2, 0) is 23.6 Å². The van der Waals surface area contributed by atoms with Crippen molar-refractivity contribution in [3.8, 4) is 0 Å². The number of hydrogen-bond donors (Lipinski definition) is 2. The molecule has 0 radical (unpaired) electrons. The summed E-state index contributed by atoms with van der Waals surface area (Å²) in [5.41, 5.74) is -0.757. The molecule has 2 rings (SSSR count). The summed E-state index contributed by atoms with van der Waals surface area (Å²) in [6.45, 7) is -0.385. The van der Waals surface area contributed by atoms with Crippen LogP contribution in [0.15, 0.2) is 15.8 Å². The number of rotatable bonds is 3. The minimum atomic E-state index is -1.04. The van der Waals surface area contributed by atoms with E-state index >= 15 is 0 Å². The molecule has 2 N–H and O–H groups in total. The summed E-state index contributed by atoms with van der Waals surface area (Å²) < 4.78 is 12.9. The van der Waals surface area contributed by atoms with Crippen LogP contribution in [0, 0.1) is 0 Å². The molecule has 0 spiro atoms. The van der Waals surface area contributed by atoms with E-state index in [0.717, 1.165) is 4.57 Å². The van der Waals surface area contributed by atoms with Gasteiger partial charge in [0.1, 0.15) is 24.4 Å². The van der Waals surface area contributed by atoms with Crippen molar-refractivity contribution in [1.82, 2.24) is 9.13 Å².